The Hall–Kier alpha value is -3.60. The molecule has 0 spiro atoms. The maximum absolute atomic E-state index is 14.4. The first kappa shape index (κ1) is 36.2. The smallest absolute Gasteiger partial charge is 0.275 e. The van der Waals surface area contributed by atoms with Gasteiger partial charge in [-0.3, -0.25) is 19.2 Å². The zero-order valence-electron chi connectivity index (χ0n) is 28.0. The topological polar surface area (TPSA) is 146 Å². The highest BCUT2D eigenvalue weighted by Crippen LogP contribution is 2.45. The number of hydrogen-bond acceptors (Lipinski definition) is 8. The van der Waals surface area contributed by atoms with Crippen molar-refractivity contribution in [1.29, 1.82) is 0 Å². The summed E-state index contributed by atoms with van der Waals surface area (Å²) in [5.74, 6) is -2.49. The number of nitrogens with zero attached hydrogens (tertiary/aromatic N) is 4. The van der Waals surface area contributed by atoms with Crippen LogP contribution in [0.15, 0.2) is 48.6 Å². The lowest BCUT2D eigenvalue weighted by Gasteiger charge is -2.51. The average molecular weight is 822 g/mol. The predicted octanol–water partition coefficient (Wildman–Crippen LogP) is 4.05. The highest BCUT2D eigenvalue weighted by Gasteiger charge is 2.66. The molecule has 4 heterocycles. The van der Waals surface area contributed by atoms with Crippen LogP contribution in [0.4, 0.5) is 4.39 Å². The zero-order valence-corrected chi connectivity index (χ0v) is 31.0. The van der Waals surface area contributed by atoms with Crippen LogP contribution >= 0.6 is 22.6 Å². The van der Waals surface area contributed by atoms with E-state index >= 15 is 0 Å². The molecule has 1 saturated carbocycles. The van der Waals surface area contributed by atoms with Crippen LogP contribution in [0.1, 0.15) is 68.3 Å². The molecule has 2 saturated heterocycles. The zero-order chi connectivity index (χ0) is 35.8. The van der Waals surface area contributed by atoms with E-state index in [4.69, 9.17) is 4.74 Å². The lowest BCUT2D eigenvalue weighted by atomic mass is 9.96. The highest BCUT2D eigenvalue weighted by atomic mass is 127. The quantitative estimate of drug-likeness (QED) is 0.145. The first-order valence-electron chi connectivity index (χ1n) is 17.0. The Morgan fingerprint density at radius 1 is 1.14 bits per heavy atom. The summed E-state index contributed by atoms with van der Waals surface area (Å²) in [7, 11) is -0.842. The van der Waals surface area contributed by atoms with Crippen molar-refractivity contribution in [2.24, 2.45) is 5.92 Å². The summed E-state index contributed by atoms with van der Waals surface area (Å²) in [4.78, 5) is 62.1. The number of β-lactam (4-membered cyclic amide) rings is 1. The van der Waals surface area contributed by atoms with E-state index in [0.29, 0.717) is 36.9 Å². The van der Waals surface area contributed by atoms with Gasteiger partial charge in [-0.1, -0.05) is 31.1 Å². The molecule has 12 nitrogen and oxygen atoms in total. The Kier molecular flexibility index (Phi) is 10.5. The first-order chi connectivity index (χ1) is 23.8. The monoisotopic (exact) mass is 821 g/mol. The number of nitrogens with one attached hydrogen (secondary N) is 1. The summed E-state index contributed by atoms with van der Waals surface area (Å²) in [6.45, 7) is 0.462. The number of carbonyl (C=O) groups excluding carboxylic acids is 4. The fourth-order valence-corrected chi connectivity index (χ4v) is 10.3. The molecule has 3 fully saturated rings. The number of carbonyl (C=O) groups is 4. The van der Waals surface area contributed by atoms with Crippen LogP contribution in [0.2, 0.25) is 0 Å². The Labute approximate surface area is 305 Å². The van der Waals surface area contributed by atoms with Gasteiger partial charge in [0, 0.05) is 32.1 Å². The largest absolute Gasteiger partial charge is 0.494 e. The normalized spacial score (nSPS) is 26.9. The van der Waals surface area contributed by atoms with Gasteiger partial charge in [0.2, 0.25) is 21.8 Å². The van der Waals surface area contributed by atoms with Crippen molar-refractivity contribution in [1.82, 2.24) is 24.4 Å². The van der Waals surface area contributed by atoms with Crippen molar-refractivity contribution in [2.75, 3.05) is 27.2 Å². The number of hydrogen-bond donors (Lipinski definition) is 1. The van der Waals surface area contributed by atoms with Gasteiger partial charge in [0.05, 0.1) is 18.1 Å². The Morgan fingerprint density at radius 3 is 2.62 bits per heavy atom. The molecule has 1 N–H and O–H groups in total. The van der Waals surface area contributed by atoms with Gasteiger partial charge in [0.25, 0.3) is 11.8 Å². The van der Waals surface area contributed by atoms with Crippen LogP contribution in [-0.2, 0) is 24.4 Å². The number of benzene rings is 1. The second-order valence-electron chi connectivity index (χ2n) is 13.5. The molecule has 0 radical (unpaired) electrons. The summed E-state index contributed by atoms with van der Waals surface area (Å²) in [5.41, 5.74) is 1.05. The molecule has 2 aromatic rings. The number of methoxy groups -OCH3 is 1. The Bertz CT molecular complexity index is 1820. The number of alkyl halides is 1. The van der Waals surface area contributed by atoms with Gasteiger partial charge >= 0.3 is 0 Å². The third-order valence-electron chi connectivity index (χ3n) is 9.83. The number of sulfonamides is 1. The summed E-state index contributed by atoms with van der Waals surface area (Å²) >= 11 is 1.85. The van der Waals surface area contributed by atoms with Crippen molar-refractivity contribution in [3.63, 3.8) is 0 Å². The third kappa shape index (κ3) is 7.12. The summed E-state index contributed by atoms with van der Waals surface area (Å²) in [6.07, 6.45) is 9.05. The summed E-state index contributed by atoms with van der Waals surface area (Å²) < 4.78 is 45.1. The van der Waals surface area contributed by atoms with Crippen LogP contribution in [0.25, 0.3) is 11.3 Å². The molecule has 4 aliphatic rings. The molecule has 0 bridgehead atoms. The molecule has 4 atom stereocenters. The van der Waals surface area contributed by atoms with Crippen LogP contribution in [-0.4, -0.2) is 99.3 Å². The number of fused-ring (bicyclic) bond motifs is 2. The van der Waals surface area contributed by atoms with E-state index in [0.717, 1.165) is 23.6 Å². The van der Waals surface area contributed by atoms with E-state index in [1.165, 1.54) is 24.1 Å². The van der Waals surface area contributed by atoms with Crippen LogP contribution in [0.5, 0.6) is 5.75 Å². The second-order valence-corrected chi connectivity index (χ2v) is 17.3. The maximum atomic E-state index is 14.4. The summed E-state index contributed by atoms with van der Waals surface area (Å²) in [5, 5.41) is 2.26. The van der Waals surface area contributed by atoms with Crippen LogP contribution < -0.4 is 10.1 Å². The van der Waals surface area contributed by atoms with Crippen molar-refractivity contribution in [3.8, 4) is 17.0 Å². The molecule has 6 rings (SSSR count). The standard InChI is InChI=1S/C35H41FIN5O7S/c1-40(33(45)27-11-9-10-26(38-27)23-14-17-29(49-2)25(36)19-23)20-22-18-28-32(44)39-35(37)30(42(34(35)46)50(47,48)24-15-16-24)12-7-5-3-4-6-8-13-31(43)41(28)21-22/h7,9-12,14,17,19,22,24,28,30H,3-6,8,13,15-16,18,20-21H2,1-2H3,(H,39,44)/b12-7-/t22-,28-,30-,35+/m0/s1. The Balaban J connectivity index is 1.19. The molecule has 1 aliphatic carbocycles. The molecule has 1 aromatic heterocycles. The van der Waals surface area contributed by atoms with E-state index in [1.807, 2.05) is 28.7 Å². The maximum Gasteiger partial charge on any atom is 0.275 e. The fraction of sp³-hybridized carbons (Fsp3) is 0.514. The van der Waals surface area contributed by atoms with E-state index in [2.05, 4.69) is 10.3 Å². The number of ether oxygens (including phenoxy) is 1. The molecular formula is C35H41FIN5O7S. The third-order valence-corrected chi connectivity index (χ3v) is 13.5. The minimum atomic E-state index is -3.84. The van der Waals surface area contributed by atoms with Gasteiger partial charge in [-0.25, -0.2) is 22.1 Å². The fourth-order valence-electron chi connectivity index (χ4n) is 6.96. The molecular weight excluding hydrogens is 780 g/mol. The second kappa shape index (κ2) is 14.6. The number of allylic oxidation sites excluding steroid dienone is 1. The van der Waals surface area contributed by atoms with Crippen LogP contribution in [0.3, 0.4) is 0 Å². The molecule has 50 heavy (non-hydrogen) atoms. The van der Waals surface area contributed by atoms with Gasteiger partial charge in [-0.2, -0.15) is 0 Å². The van der Waals surface area contributed by atoms with Gasteiger partial charge in [-0.15, -0.1) is 0 Å². The molecule has 1 aromatic carbocycles. The number of amides is 4. The number of rotatable bonds is 7. The van der Waals surface area contributed by atoms with Gasteiger partial charge in [0.15, 0.2) is 15.1 Å². The SMILES string of the molecule is COc1ccc(-c2cccc(C(=O)N(C)C[C@@H]3C[C@H]4C(=O)N[C@@]5(I)C(=O)N(S(=O)(=O)C6CC6)[C@H]5/C=C\CCCCCCC(=O)N4C3)n2)cc1F. The van der Waals surface area contributed by atoms with E-state index < -0.39 is 48.5 Å². The first-order valence-corrected chi connectivity index (χ1v) is 19.5. The number of aromatic nitrogens is 1. The van der Waals surface area contributed by atoms with E-state index in [9.17, 15) is 32.0 Å². The van der Waals surface area contributed by atoms with Gasteiger partial charge in [-0.05, 0) is 97.4 Å². The van der Waals surface area contributed by atoms with Gasteiger partial charge < -0.3 is 19.9 Å². The van der Waals surface area contributed by atoms with Crippen molar-refractivity contribution in [3.05, 3.63) is 60.1 Å². The molecule has 3 aliphatic heterocycles. The summed E-state index contributed by atoms with van der Waals surface area (Å²) in [6, 6.07) is 7.59. The lowest BCUT2D eigenvalue weighted by molar-refractivity contribution is -0.146. The van der Waals surface area contributed by atoms with Crippen molar-refractivity contribution < 1.29 is 36.7 Å². The van der Waals surface area contributed by atoms with E-state index in [1.54, 1.807) is 42.3 Å². The van der Waals surface area contributed by atoms with Crippen LogP contribution in [0, 0.1) is 11.7 Å². The minimum absolute atomic E-state index is 0.0963. The molecule has 268 valence electrons. The molecule has 4 amide bonds. The van der Waals surface area contributed by atoms with Crippen molar-refractivity contribution >= 4 is 56.2 Å². The highest BCUT2D eigenvalue weighted by molar-refractivity contribution is 14.1. The van der Waals surface area contributed by atoms with Crippen molar-refractivity contribution in [2.45, 2.75) is 78.7 Å². The molecule has 15 heteroatoms. The lowest BCUT2D eigenvalue weighted by Crippen LogP contribution is -2.78. The minimum Gasteiger partial charge on any atom is -0.494 e. The van der Waals surface area contributed by atoms with Gasteiger partial charge in [0.1, 0.15) is 17.8 Å². The Morgan fingerprint density at radius 2 is 1.90 bits per heavy atom. The van der Waals surface area contributed by atoms with E-state index in [-0.39, 0.29) is 55.1 Å². The number of pyridine rings is 1. The predicted molar refractivity (Wildman–Crippen MR) is 191 cm³/mol. The number of halogens is 2. The average Bonchev–Trinajstić information content (AvgIpc) is 3.88. The molecule has 0 unspecified atom stereocenters.